The number of nitrogens with one attached hydrogen (secondary N) is 1. The maximum Gasteiger partial charge on any atom is 0.330 e. The van der Waals surface area contributed by atoms with Gasteiger partial charge in [0.15, 0.2) is 5.82 Å². The third-order valence-electron chi connectivity index (χ3n) is 6.90. The summed E-state index contributed by atoms with van der Waals surface area (Å²) in [5.74, 6) is 1.25. The number of aromatic nitrogens is 2. The lowest BCUT2D eigenvalue weighted by Gasteiger charge is -2.52. The number of anilines is 1. The van der Waals surface area contributed by atoms with Gasteiger partial charge in [-0.25, -0.2) is 4.79 Å². The molecule has 1 aromatic carbocycles. The lowest BCUT2D eigenvalue weighted by atomic mass is 9.53. The minimum atomic E-state index is -0.330. The maximum absolute atomic E-state index is 11.5. The van der Waals surface area contributed by atoms with Crippen LogP contribution in [0.4, 0.5) is 5.69 Å². The van der Waals surface area contributed by atoms with Gasteiger partial charge in [-0.3, -0.25) is 0 Å². The molecule has 0 amide bonds. The number of ether oxygens (including phenoxy) is 1. The Hall–Kier alpha value is -2.63. The summed E-state index contributed by atoms with van der Waals surface area (Å²) in [4.78, 5) is 16.0. The summed E-state index contributed by atoms with van der Waals surface area (Å²) in [6.07, 6.45) is 8.44. The average molecular weight is 396 g/mol. The van der Waals surface area contributed by atoms with E-state index in [9.17, 15) is 4.79 Å². The number of nitrogens with zero attached hydrogens (tertiary/aromatic N) is 2. The van der Waals surface area contributed by atoms with Crippen molar-refractivity contribution in [2.75, 3.05) is 19.0 Å². The summed E-state index contributed by atoms with van der Waals surface area (Å²) in [5.41, 5.74) is 3.44. The Morgan fingerprint density at radius 3 is 2.59 bits per heavy atom. The van der Waals surface area contributed by atoms with Gasteiger partial charge < -0.3 is 14.6 Å². The van der Waals surface area contributed by atoms with Crippen LogP contribution in [0.5, 0.6) is 0 Å². The highest BCUT2D eigenvalue weighted by Gasteiger charge is 2.51. The Bertz CT molecular complexity index is 906. The summed E-state index contributed by atoms with van der Waals surface area (Å²) in [5, 5.41) is 7.66. The molecule has 3 aliphatic carbocycles. The molecule has 0 atom stereocenters. The molecule has 2 aromatic rings. The Balaban J connectivity index is 1.40. The molecule has 1 N–H and O–H groups in total. The Kier molecular flexibility index (Phi) is 5.19. The first-order valence-electron chi connectivity index (χ1n) is 10.4. The van der Waals surface area contributed by atoms with Crippen molar-refractivity contribution in [2.24, 2.45) is 5.41 Å². The Labute approximate surface area is 171 Å². The summed E-state index contributed by atoms with van der Waals surface area (Å²) in [6.45, 7) is 4.78. The van der Waals surface area contributed by atoms with Gasteiger partial charge in [0, 0.05) is 23.7 Å². The van der Waals surface area contributed by atoms with Gasteiger partial charge in [0.05, 0.1) is 7.11 Å². The quantitative estimate of drug-likeness (QED) is 0.566. The Morgan fingerprint density at radius 2 is 1.97 bits per heavy atom. The number of hydrogen-bond acceptors (Lipinski definition) is 6. The second-order valence-electron chi connectivity index (χ2n) is 8.71. The SMILES string of the molecule is COC(=O)/C=C(\C)c1cccc(NCC23CCC(c4nc(C)no4)(CC2)CC3)c1. The van der Waals surface area contributed by atoms with Gasteiger partial charge in [0.25, 0.3) is 0 Å². The number of fused-ring (bicyclic) bond motifs is 3. The van der Waals surface area contributed by atoms with Crippen molar-refractivity contribution >= 4 is 17.2 Å². The van der Waals surface area contributed by atoms with Crippen LogP contribution in [0.25, 0.3) is 5.57 Å². The van der Waals surface area contributed by atoms with Crippen molar-refractivity contribution in [1.29, 1.82) is 0 Å². The standard InChI is InChI=1S/C23H29N3O3/c1-16(13-20(27)28-3)18-5-4-6-19(14-18)24-15-22-7-10-23(11-8-22,12-9-22)21-25-17(2)26-29-21/h4-6,13-14,24H,7-12,15H2,1-3H3/b16-13+. The molecule has 0 radical (unpaired) electrons. The van der Waals surface area contributed by atoms with Gasteiger partial charge in [0.2, 0.25) is 5.89 Å². The molecule has 5 rings (SSSR count). The van der Waals surface area contributed by atoms with E-state index in [-0.39, 0.29) is 11.4 Å². The van der Waals surface area contributed by atoms with E-state index in [0.29, 0.717) is 5.41 Å². The van der Waals surface area contributed by atoms with E-state index in [0.717, 1.165) is 54.3 Å². The zero-order valence-electron chi connectivity index (χ0n) is 17.5. The molecule has 0 spiro atoms. The number of carbonyl (C=O) groups excluding carboxylic acids is 1. The molecule has 1 aromatic heterocycles. The first-order chi connectivity index (χ1) is 13.9. The van der Waals surface area contributed by atoms with Crippen molar-refractivity contribution in [2.45, 2.75) is 57.8 Å². The van der Waals surface area contributed by atoms with Crippen LogP contribution >= 0.6 is 0 Å². The van der Waals surface area contributed by atoms with Crippen LogP contribution < -0.4 is 5.32 Å². The van der Waals surface area contributed by atoms with E-state index in [2.05, 4.69) is 27.6 Å². The molecule has 6 heteroatoms. The highest BCUT2D eigenvalue weighted by atomic mass is 16.5. The van der Waals surface area contributed by atoms with E-state index in [1.165, 1.54) is 32.4 Å². The number of carbonyl (C=O) groups is 1. The Morgan fingerprint density at radius 1 is 1.24 bits per heavy atom. The lowest BCUT2D eigenvalue weighted by Crippen LogP contribution is -2.47. The van der Waals surface area contributed by atoms with Crippen LogP contribution in [0, 0.1) is 12.3 Å². The van der Waals surface area contributed by atoms with Gasteiger partial charge >= 0.3 is 5.97 Å². The maximum atomic E-state index is 11.5. The molecule has 6 nitrogen and oxygen atoms in total. The van der Waals surface area contributed by atoms with E-state index in [1.807, 2.05) is 26.0 Å². The zero-order chi connectivity index (χ0) is 20.5. The molecule has 0 saturated heterocycles. The molecular weight excluding hydrogens is 366 g/mol. The topological polar surface area (TPSA) is 77.2 Å². The molecule has 1 heterocycles. The number of aryl methyl sites for hydroxylation is 1. The largest absolute Gasteiger partial charge is 0.466 e. The van der Waals surface area contributed by atoms with E-state index < -0.39 is 0 Å². The molecule has 2 bridgehead atoms. The summed E-state index contributed by atoms with van der Waals surface area (Å²) < 4.78 is 10.3. The van der Waals surface area contributed by atoms with Crippen molar-refractivity contribution in [1.82, 2.24) is 10.1 Å². The van der Waals surface area contributed by atoms with Crippen LogP contribution in [-0.2, 0) is 14.9 Å². The van der Waals surface area contributed by atoms with Crippen LogP contribution in [0.2, 0.25) is 0 Å². The smallest absolute Gasteiger partial charge is 0.330 e. The second kappa shape index (κ2) is 7.65. The van der Waals surface area contributed by atoms with Crippen molar-refractivity contribution in [3.8, 4) is 0 Å². The minimum absolute atomic E-state index is 0.0960. The van der Waals surface area contributed by atoms with E-state index >= 15 is 0 Å². The number of esters is 1. The highest BCUT2D eigenvalue weighted by molar-refractivity contribution is 5.91. The number of rotatable bonds is 6. The molecule has 3 fully saturated rings. The predicted octanol–water partition coefficient (Wildman–Crippen LogP) is 4.66. The van der Waals surface area contributed by atoms with Crippen LogP contribution in [0.1, 0.15) is 62.7 Å². The molecule has 3 saturated carbocycles. The fraction of sp³-hybridized carbons (Fsp3) is 0.522. The number of allylic oxidation sites excluding steroid dienone is 1. The molecule has 29 heavy (non-hydrogen) atoms. The number of hydrogen-bond donors (Lipinski definition) is 1. The van der Waals surface area contributed by atoms with Gasteiger partial charge in [0.1, 0.15) is 0 Å². The monoisotopic (exact) mass is 395 g/mol. The normalized spacial score (nSPS) is 26.4. The van der Waals surface area contributed by atoms with E-state index in [4.69, 9.17) is 9.26 Å². The van der Waals surface area contributed by atoms with Crippen LogP contribution in [0.3, 0.4) is 0 Å². The average Bonchev–Trinajstić information content (AvgIpc) is 3.21. The minimum Gasteiger partial charge on any atom is -0.466 e. The summed E-state index contributed by atoms with van der Waals surface area (Å²) in [7, 11) is 1.39. The third kappa shape index (κ3) is 3.93. The number of benzene rings is 1. The van der Waals surface area contributed by atoms with Gasteiger partial charge in [-0.1, -0.05) is 17.3 Å². The third-order valence-corrected chi connectivity index (χ3v) is 6.90. The summed E-state index contributed by atoms with van der Waals surface area (Å²) in [6, 6.07) is 8.22. The van der Waals surface area contributed by atoms with Crippen molar-refractivity contribution in [3.05, 3.63) is 47.6 Å². The predicted molar refractivity (Wildman–Crippen MR) is 111 cm³/mol. The molecule has 154 valence electrons. The van der Waals surface area contributed by atoms with Gasteiger partial charge in [-0.05, 0) is 81.1 Å². The number of methoxy groups -OCH3 is 1. The second-order valence-corrected chi connectivity index (χ2v) is 8.71. The summed E-state index contributed by atoms with van der Waals surface area (Å²) >= 11 is 0. The fourth-order valence-electron chi connectivity index (χ4n) is 4.84. The zero-order valence-corrected chi connectivity index (χ0v) is 17.5. The van der Waals surface area contributed by atoms with Gasteiger partial charge in [-0.2, -0.15) is 4.98 Å². The highest BCUT2D eigenvalue weighted by Crippen LogP contribution is 2.57. The molecule has 3 aliphatic rings. The first kappa shape index (κ1) is 19.7. The van der Waals surface area contributed by atoms with E-state index in [1.54, 1.807) is 0 Å². The van der Waals surface area contributed by atoms with Crippen molar-refractivity contribution < 1.29 is 14.1 Å². The molecule has 0 unspecified atom stereocenters. The molecule has 0 aliphatic heterocycles. The van der Waals surface area contributed by atoms with Crippen LogP contribution in [0.15, 0.2) is 34.9 Å². The first-order valence-corrected chi connectivity index (χ1v) is 10.4. The molecular formula is C23H29N3O3. The van der Waals surface area contributed by atoms with Crippen molar-refractivity contribution in [3.63, 3.8) is 0 Å². The fourth-order valence-corrected chi connectivity index (χ4v) is 4.84. The lowest BCUT2D eigenvalue weighted by molar-refractivity contribution is -0.134. The van der Waals surface area contributed by atoms with Crippen LogP contribution in [-0.4, -0.2) is 29.8 Å². The van der Waals surface area contributed by atoms with Gasteiger partial charge in [-0.15, -0.1) is 0 Å².